The maximum atomic E-state index is 13.1. The molecule has 1 aromatic carbocycles. The van der Waals surface area contributed by atoms with Crippen LogP contribution in [-0.2, 0) is 9.53 Å². The molecule has 1 aliphatic carbocycles. The van der Waals surface area contributed by atoms with E-state index in [0.29, 0.717) is 16.8 Å². The average molecular weight is 465 g/mol. The average Bonchev–Trinajstić information content (AvgIpc) is 3.20. The van der Waals surface area contributed by atoms with E-state index in [1.807, 2.05) is 31.2 Å². The smallest absolute Gasteiger partial charge is 0.339 e. The molecule has 0 saturated heterocycles. The number of imide groups is 1. The van der Waals surface area contributed by atoms with Crippen molar-refractivity contribution in [2.24, 2.45) is 0 Å². The van der Waals surface area contributed by atoms with E-state index in [9.17, 15) is 14.4 Å². The molecule has 2 heterocycles. The van der Waals surface area contributed by atoms with Crippen LogP contribution in [0, 0.1) is 13.8 Å². The van der Waals surface area contributed by atoms with Gasteiger partial charge in [0.15, 0.2) is 6.10 Å². The molecule has 3 aromatic rings. The standard InChI is InChI=1S/C25H28N4O5/c1-14-9-11-17(12-10-14)20-13-19(21-15(2)29-34-23(21)27-20)24(31)33-16(3)22(30)28-25(32)26-18-7-5-4-6-8-18/h9-13,16,18H,4-8H2,1-3H3,(H2,26,28,30,32). The largest absolute Gasteiger partial charge is 0.449 e. The van der Waals surface area contributed by atoms with Crippen LogP contribution in [0.25, 0.3) is 22.4 Å². The number of fused-ring (bicyclic) bond motifs is 1. The third kappa shape index (κ3) is 5.24. The zero-order valence-corrected chi connectivity index (χ0v) is 19.5. The van der Waals surface area contributed by atoms with Gasteiger partial charge in [0.1, 0.15) is 0 Å². The minimum atomic E-state index is -1.18. The fourth-order valence-electron chi connectivity index (χ4n) is 4.09. The number of ether oxygens (including phenoxy) is 1. The van der Waals surface area contributed by atoms with Crippen LogP contribution in [0.1, 0.15) is 60.6 Å². The molecular formula is C25H28N4O5. The van der Waals surface area contributed by atoms with Crippen molar-refractivity contribution in [1.29, 1.82) is 0 Å². The number of urea groups is 1. The van der Waals surface area contributed by atoms with E-state index < -0.39 is 24.0 Å². The topological polar surface area (TPSA) is 123 Å². The van der Waals surface area contributed by atoms with Gasteiger partial charge in [-0.2, -0.15) is 0 Å². The monoisotopic (exact) mass is 464 g/mol. The summed E-state index contributed by atoms with van der Waals surface area (Å²) in [6.45, 7) is 5.09. The summed E-state index contributed by atoms with van der Waals surface area (Å²) >= 11 is 0. The lowest BCUT2D eigenvalue weighted by Crippen LogP contribution is -2.48. The van der Waals surface area contributed by atoms with Crippen LogP contribution in [0.3, 0.4) is 0 Å². The molecule has 9 nitrogen and oxygen atoms in total. The quantitative estimate of drug-likeness (QED) is 0.542. The predicted octanol–water partition coefficient (Wildman–Crippen LogP) is 4.21. The lowest BCUT2D eigenvalue weighted by molar-refractivity contribution is -0.127. The van der Waals surface area contributed by atoms with Crippen LogP contribution in [-0.4, -0.2) is 40.2 Å². The highest BCUT2D eigenvalue weighted by atomic mass is 16.5. The summed E-state index contributed by atoms with van der Waals surface area (Å²) in [6, 6.07) is 8.74. The molecule has 0 radical (unpaired) electrons. The molecule has 1 atom stereocenters. The van der Waals surface area contributed by atoms with Crippen LogP contribution in [0.4, 0.5) is 4.79 Å². The van der Waals surface area contributed by atoms with E-state index >= 15 is 0 Å². The van der Waals surface area contributed by atoms with Crippen molar-refractivity contribution in [1.82, 2.24) is 20.8 Å². The number of rotatable bonds is 5. The van der Waals surface area contributed by atoms with Crippen molar-refractivity contribution in [3.8, 4) is 11.3 Å². The van der Waals surface area contributed by atoms with Gasteiger partial charge in [-0.3, -0.25) is 10.1 Å². The lowest BCUT2D eigenvalue weighted by Gasteiger charge is -2.23. The molecule has 1 unspecified atom stereocenters. The van der Waals surface area contributed by atoms with Crippen molar-refractivity contribution >= 4 is 29.0 Å². The van der Waals surface area contributed by atoms with Gasteiger partial charge >= 0.3 is 12.0 Å². The van der Waals surface area contributed by atoms with Crippen molar-refractivity contribution < 1.29 is 23.6 Å². The van der Waals surface area contributed by atoms with Crippen LogP contribution in [0.15, 0.2) is 34.9 Å². The summed E-state index contributed by atoms with van der Waals surface area (Å²) in [5, 5.41) is 9.41. The minimum absolute atomic E-state index is 0.0567. The number of nitrogens with zero attached hydrogens (tertiary/aromatic N) is 2. The number of esters is 1. The van der Waals surface area contributed by atoms with E-state index in [2.05, 4.69) is 20.8 Å². The second-order valence-electron chi connectivity index (χ2n) is 8.71. The van der Waals surface area contributed by atoms with Gasteiger partial charge in [0.2, 0.25) is 0 Å². The molecule has 9 heteroatoms. The van der Waals surface area contributed by atoms with Gasteiger partial charge in [-0.1, -0.05) is 54.2 Å². The fraction of sp³-hybridized carbons (Fsp3) is 0.400. The molecular weight excluding hydrogens is 436 g/mol. The summed E-state index contributed by atoms with van der Waals surface area (Å²) in [4.78, 5) is 42.2. The molecule has 0 bridgehead atoms. The van der Waals surface area contributed by atoms with Crippen LogP contribution in [0.5, 0.6) is 0 Å². The predicted molar refractivity (Wildman–Crippen MR) is 125 cm³/mol. The van der Waals surface area contributed by atoms with Crippen molar-refractivity contribution in [3.05, 3.63) is 47.2 Å². The van der Waals surface area contributed by atoms with E-state index in [4.69, 9.17) is 9.26 Å². The highest BCUT2D eigenvalue weighted by Crippen LogP contribution is 2.28. The normalized spacial score (nSPS) is 15.0. The van der Waals surface area contributed by atoms with Gasteiger partial charge in [0, 0.05) is 11.6 Å². The number of hydrogen-bond donors (Lipinski definition) is 2. The number of amides is 3. The Morgan fingerprint density at radius 2 is 1.79 bits per heavy atom. The summed E-state index contributed by atoms with van der Waals surface area (Å²) in [6.07, 6.45) is 3.87. The summed E-state index contributed by atoms with van der Waals surface area (Å²) in [7, 11) is 0. The highest BCUT2D eigenvalue weighted by Gasteiger charge is 2.26. The number of carbonyl (C=O) groups excluding carboxylic acids is 3. The number of aromatic nitrogens is 2. The van der Waals surface area contributed by atoms with Crippen LogP contribution >= 0.6 is 0 Å². The Bertz CT molecular complexity index is 1210. The van der Waals surface area contributed by atoms with Crippen molar-refractivity contribution in [2.75, 3.05) is 0 Å². The van der Waals surface area contributed by atoms with Gasteiger partial charge in [-0.25, -0.2) is 14.6 Å². The van der Waals surface area contributed by atoms with Gasteiger partial charge in [0.05, 0.1) is 22.3 Å². The zero-order chi connectivity index (χ0) is 24.2. The third-order valence-corrected chi connectivity index (χ3v) is 6.01. The molecule has 1 aliphatic rings. The van der Waals surface area contributed by atoms with E-state index in [1.54, 1.807) is 13.0 Å². The first-order chi connectivity index (χ1) is 16.3. The first-order valence-electron chi connectivity index (χ1n) is 11.5. The molecule has 2 aromatic heterocycles. The molecule has 3 amide bonds. The second kappa shape index (κ2) is 10.0. The van der Waals surface area contributed by atoms with E-state index in [0.717, 1.165) is 43.2 Å². The molecule has 0 aliphatic heterocycles. The summed E-state index contributed by atoms with van der Waals surface area (Å²) < 4.78 is 10.7. The summed E-state index contributed by atoms with van der Waals surface area (Å²) in [5.41, 5.74) is 3.26. The lowest BCUT2D eigenvalue weighted by atomic mass is 9.96. The number of hydrogen-bond acceptors (Lipinski definition) is 7. The Hall–Kier alpha value is -3.75. The molecule has 1 saturated carbocycles. The third-order valence-electron chi connectivity index (χ3n) is 6.01. The number of pyridine rings is 1. The minimum Gasteiger partial charge on any atom is -0.449 e. The zero-order valence-electron chi connectivity index (χ0n) is 19.5. The van der Waals surface area contributed by atoms with E-state index in [1.165, 1.54) is 6.92 Å². The highest BCUT2D eigenvalue weighted by molar-refractivity contribution is 6.05. The first-order valence-corrected chi connectivity index (χ1v) is 11.5. The maximum Gasteiger partial charge on any atom is 0.339 e. The number of carbonyl (C=O) groups is 3. The van der Waals surface area contributed by atoms with E-state index in [-0.39, 0.29) is 17.3 Å². The van der Waals surface area contributed by atoms with Crippen molar-refractivity contribution in [2.45, 2.75) is 65.0 Å². The Balaban J connectivity index is 1.49. The molecule has 4 rings (SSSR count). The molecule has 34 heavy (non-hydrogen) atoms. The number of nitrogens with one attached hydrogen (secondary N) is 2. The Labute approximate surface area is 197 Å². The Kier molecular flexibility index (Phi) is 6.90. The first kappa shape index (κ1) is 23.4. The van der Waals surface area contributed by atoms with Gasteiger partial charge in [0.25, 0.3) is 11.6 Å². The second-order valence-corrected chi connectivity index (χ2v) is 8.71. The van der Waals surface area contributed by atoms with Gasteiger partial charge in [-0.05, 0) is 39.7 Å². The summed E-state index contributed by atoms with van der Waals surface area (Å²) in [5.74, 6) is -1.44. The SMILES string of the molecule is Cc1ccc(-c2cc(C(=O)OC(C)C(=O)NC(=O)NC3CCCCC3)c3c(C)noc3n2)cc1. The maximum absolute atomic E-state index is 13.1. The van der Waals surface area contributed by atoms with Crippen LogP contribution in [0.2, 0.25) is 0 Å². The van der Waals surface area contributed by atoms with Gasteiger partial charge in [-0.15, -0.1) is 0 Å². The molecule has 1 fully saturated rings. The van der Waals surface area contributed by atoms with Crippen molar-refractivity contribution in [3.63, 3.8) is 0 Å². The Morgan fingerprint density at radius 3 is 2.50 bits per heavy atom. The Morgan fingerprint density at radius 1 is 1.09 bits per heavy atom. The molecule has 0 spiro atoms. The molecule has 2 N–H and O–H groups in total. The fourth-order valence-corrected chi connectivity index (χ4v) is 4.09. The van der Waals surface area contributed by atoms with Crippen LogP contribution < -0.4 is 10.6 Å². The van der Waals surface area contributed by atoms with Gasteiger partial charge < -0.3 is 14.6 Å². The molecule has 178 valence electrons. The number of benzene rings is 1. The number of aryl methyl sites for hydroxylation is 2.